The van der Waals surface area contributed by atoms with Crippen molar-refractivity contribution in [3.63, 3.8) is 0 Å². The van der Waals surface area contributed by atoms with E-state index in [9.17, 15) is 19.1 Å². The summed E-state index contributed by atoms with van der Waals surface area (Å²) in [5.74, 6) is -0.0275. The average molecular weight is 429 g/mol. The smallest absolute Gasteiger partial charge is 0.257 e. The number of likely N-dealkylation sites (N-methyl/N-ethyl adjacent to an activating group) is 1. The van der Waals surface area contributed by atoms with Gasteiger partial charge in [0.05, 0.1) is 12.7 Å². The number of rotatable bonds is 6. The van der Waals surface area contributed by atoms with Gasteiger partial charge < -0.3 is 19.6 Å². The fourth-order valence-electron chi connectivity index (χ4n) is 3.91. The lowest BCUT2D eigenvalue weighted by molar-refractivity contribution is -0.137. The minimum absolute atomic E-state index is 0.177. The van der Waals surface area contributed by atoms with Crippen molar-refractivity contribution in [2.75, 3.05) is 34.3 Å². The molecule has 2 amide bonds. The molecule has 31 heavy (non-hydrogen) atoms. The van der Waals surface area contributed by atoms with Gasteiger partial charge in [-0.3, -0.25) is 9.59 Å². The molecule has 7 heteroatoms. The van der Waals surface area contributed by atoms with Gasteiger partial charge in [-0.2, -0.15) is 0 Å². The third-order valence-corrected chi connectivity index (χ3v) is 5.78. The van der Waals surface area contributed by atoms with E-state index in [-0.39, 0.29) is 11.7 Å². The highest BCUT2D eigenvalue weighted by atomic mass is 19.1. The molecule has 0 aliphatic carbocycles. The Labute approximate surface area is 182 Å². The van der Waals surface area contributed by atoms with Crippen molar-refractivity contribution in [3.8, 4) is 5.75 Å². The number of amides is 2. The maximum absolute atomic E-state index is 13.2. The first-order valence-electron chi connectivity index (χ1n) is 10.4. The molecule has 6 nitrogen and oxygen atoms in total. The van der Waals surface area contributed by atoms with E-state index in [1.807, 2.05) is 12.1 Å². The maximum Gasteiger partial charge on any atom is 0.257 e. The van der Waals surface area contributed by atoms with E-state index in [0.29, 0.717) is 35.9 Å². The number of aliphatic hydroxyl groups excluding tert-OH is 1. The molecule has 2 aromatic rings. The number of carbonyl (C=O) groups excluding carboxylic acids is 2. The summed E-state index contributed by atoms with van der Waals surface area (Å²) in [7, 11) is 4.62. The molecule has 1 atom stereocenters. The molecule has 1 aliphatic rings. The number of halogens is 1. The molecule has 0 spiro atoms. The molecule has 0 aromatic heterocycles. The zero-order chi connectivity index (χ0) is 22.5. The highest BCUT2D eigenvalue weighted by Crippen LogP contribution is 2.28. The Bertz CT molecular complexity index is 922. The lowest BCUT2D eigenvalue weighted by Crippen LogP contribution is -2.39. The lowest BCUT2D eigenvalue weighted by atomic mass is 9.90. The van der Waals surface area contributed by atoms with Gasteiger partial charge in [-0.25, -0.2) is 4.39 Å². The Hall–Kier alpha value is -2.93. The molecule has 1 heterocycles. The van der Waals surface area contributed by atoms with Crippen molar-refractivity contribution < 1.29 is 23.8 Å². The van der Waals surface area contributed by atoms with Crippen LogP contribution in [0.5, 0.6) is 5.75 Å². The number of piperidine rings is 1. The standard InChI is InChI=1S/C24H29FN2O4/c1-26(2)24(30)22(28)18-6-9-21(31-3)20(15-18)23(29)27-12-10-17(11-13-27)14-16-4-7-19(25)8-5-16/h4-9,15,17,22,28H,10-14H2,1-3H3. The van der Waals surface area contributed by atoms with E-state index in [1.165, 1.54) is 30.2 Å². The Balaban J connectivity index is 1.68. The first-order valence-corrected chi connectivity index (χ1v) is 10.4. The van der Waals surface area contributed by atoms with Crippen LogP contribution < -0.4 is 4.74 Å². The minimum Gasteiger partial charge on any atom is -0.496 e. The summed E-state index contributed by atoms with van der Waals surface area (Å²) in [6.07, 6.45) is 1.23. The Morgan fingerprint density at radius 3 is 2.39 bits per heavy atom. The summed E-state index contributed by atoms with van der Waals surface area (Å²) >= 11 is 0. The Kier molecular flexibility index (Phi) is 7.28. The van der Waals surface area contributed by atoms with E-state index in [0.717, 1.165) is 24.8 Å². The monoisotopic (exact) mass is 428 g/mol. The van der Waals surface area contributed by atoms with Crippen molar-refractivity contribution in [2.45, 2.75) is 25.4 Å². The fraction of sp³-hybridized carbons (Fsp3) is 0.417. The number of benzene rings is 2. The normalized spacial score (nSPS) is 15.5. The van der Waals surface area contributed by atoms with E-state index in [4.69, 9.17) is 4.74 Å². The molecule has 0 saturated carbocycles. The molecule has 166 valence electrons. The van der Waals surface area contributed by atoms with Crippen LogP contribution in [0, 0.1) is 11.7 Å². The maximum atomic E-state index is 13.2. The fourth-order valence-corrected chi connectivity index (χ4v) is 3.91. The highest BCUT2D eigenvalue weighted by molar-refractivity contribution is 5.97. The predicted molar refractivity (Wildman–Crippen MR) is 115 cm³/mol. The molecule has 3 rings (SSSR count). The van der Waals surface area contributed by atoms with Gasteiger partial charge in [-0.1, -0.05) is 18.2 Å². The van der Waals surface area contributed by atoms with E-state index in [2.05, 4.69) is 0 Å². The summed E-state index contributed by atoms with van der Waals surface area (Å²) in [6, 6.07) is 11.3. The number of aliphatic hydroxyl groups is 1. The van der Waals surface area contributed by atoms with E-state index >= 15 is 0 Å². The summed E-state index contributed by atoms with van der Waals surface area (Å²) in [5.41, 5.74) is 1.79. The Morgan fingerprint density at radius 2 is 1.81 bits per heavy atom. The van der Waals surface area contributed by atoms with Crippen molar-refractivity contribution in [3.05, 3.63) is 65.0 Å². The first kappa shape index (κ1) is 22.7. The highest BCUT2D eigenvalue weighted by Gasteiger charge is 2.27. The molecule has 1 unspecified atom stereocenters. The van der Waals surface area contributed by atoms with Crippen LogP contribution in [0.25, 0.3) is 0 Å². The molecule has 1 saturated heterocycles. The summed E-state index contributed by atoms with van der Waals surface area (Å²) in [6.45, 7) is 1.22. The quantitative estimate of drug-likeness (QED) is 0.768. The number of hydrogen-bond acceptors (Lipinski definition) is 4. The van der Waals surface area contributed by atoms with Crippen LogP contribution >= 0.6 is 0 Å². The van der Waals surface area contributed by atoms with E-state index in [1.54, 1.807) is 31.1 Å². The second-order valence-electron chi connectivity index (χ2n) is 8.16. The van der Waals surface area contributed by atoms with Gasteiger partial charge in [0.2, 0.25) is 0 Å². The largest absolute Gasteiger partial charge is 0.496 e. The first-order chi connectivity index (χ1) is 14.8. The van der Waals surface area contributed by atoms with Crippen LogP contribution in [0.15, 0.2) is 42.5 Å². The minimum atomic E-state index is -1.34. The van der Waals surface area contributed by atoms with Crippen LogP contribution in [0.1, 0.15) is 40.4 Å². The topological polar surface area (TPSA) is 70.1 Å². The van der Waals surface area contributed by atoms with Gasteiger partial charge in [-0.05, 0) is 60.6 Å². The predicted octanol–water partition coefficient (Wildman–Crippen LogP) is 3.05. The van der Waals surface area contributed by atoms with Crippen LogP contribution in [0.3, 0.4) is 0 Å². The number of hydrogen-bond donors (Lipinski definition) is 1. The van der Waals surface area contributed by atoms with Crippen LogP contribution in [0.4, 0.5) is 4.39 Å². The average Bonchev–Trinajstić information content (AvgIpc) is 2.79. The number of likely N-dealkylation sites (tertiary alicyclic amines) is 1. The number of nitrogens with zero attached hydrogens (tertiary/aromatic N) is 2. The van der Waals surface area contributed by atoms with Gasteiger partial charge in [0, 0.05) is 27.2 Å². The van der Waals surface area contributed by atoms with Gasteiger partial charge in [-0.15, -0.1) is 0 Å². The number of ether oxygens (including phenoxy) is 1. The van der Waals surface area contributed by atoms with Crippen LogP contribution in [-0.2, 0) is 11.2 Å². The van der Waals surface area contributed by atoms with Crippen LogP contribution in [0.2, 0.25) is 0 Å². The summed E-state index contributed by atoms with van der Waals surface area (Å²) in [5, 5.41) is 10.4. The lowest BCUT2D eigenvalue weighted by Gasteiger charge is -2.32. The zero-order valence-corrected chi connectivity index (χ0v) is 18.2. The van der Waals surface area contributed by atoms with Gasteiger partial charge >= 0.3 is 0 Å². The second-order valence-corrected chi connectivity index (χ2v) is 8.16. The molecular weight excluding hydrogens is 399 g/mol. The summed E-state index contributed by atoms with van der Waals surface area (Å²) in [4.78, 5) is 28.4. The Morgan fingerprint density at radius 1 is 1.16 bits per heavy atom. The number of carbonyl (C=O) groups is 2. The van der Waals surface area contributed by atoms with Crippen molar-refractivity contribution in [2.24, 2.45) is 5.92 Å². The van der Waals surface area contributed by atoms with E-state index < -0.39 is 12.0 Å². The van der Waals surface area contributed by atoms with Crippen molar-refractivity contribution >= 4 is 11.8 Å². The number of methoxy groups -OCH3 is 1. The molecule has 1 fully saturated rings. The molecule has 0 radical (unpaired) electrons. The third-order valence-electron chi connectivity index (χ3n) is 5.78. The zero-order valence-electron chi connectivity index (χ0n) is 18.2. The molecule has 0 bridgehead atoms. The van der Waals surface area contributed by atoms with Gasteiger partial charge in [0.15, 0.2) is 6.10 Å². The third kappa shape index (κ3) is 5.41. The van der Waals surface area contributed by atoms with Gasteiger partial charge in [0.25, 0.3) is 11.8 Å². The second kappa shape index (κ2) is 9.92. The molecular formula is C24H29FN2O4. The van der Waals surface area contributed by atoms with Crippen molar-refractivity contribution in [1.82, 2.24) is 9.80 Å². The molecule has 1 N–H and O–H groups in total. The van der Waals surface area contributed by atoms with Crippen molar-refractivity contribution in [1.29, 1.82) is 0 Å². The van der Waals surface area contributed by atoms with Gasteiger partial charge in [0.1, 0.15) is 11.6 Å². The summed E-state index contributed by atoms with van der Waals surface area (Å²) < 4.78 is 18.5. The van der Waals surface area contributed by atoms with Crippen LogP contribution in [-0.4, -0.2) is 61.0 Å². The molecule has 1 aliphatic heterocycles. The molecule has 2 aromatic carbocycles. The SMILES string of the molecule is COc1ccc(C(O)C(=O)N(C)C)cc1C(=O)N1CCC(Cc2ccc(F)cc2)CC1.